The van der Waals surface area contributed by atoms with Crippen molar-refractivity contribution in [3.8, 4) is 0 Å². The third-order valence-electron chi connectivity index (χ3n) is 4.45. The highest BCUT2D eigenvalue weighted by Gasteiger charge is 2.99. The average molecular weight is 654 g/mol. The third kappa shape index (κ3) is 4.57. The van der Waals surface area contributed by atoms with Gasteiger partial charge in [-0.05, 0) is 6.92 Å². The first kappa shape index (κ1) is 37.6. The standard InChI is InChI=1S/C15H5F23O2/c1-3(2)4(39)40-15(37,38)13(32,33)11(28,29)9(24,25)7(20,21)5(16,17)6(18,19)8(22,23)10(26,27)12(30,31)14(34,35)36/h1H2,2H3. The van der Waals surface area contributed by atoms with Crippen LogP contribution in [0.15, 0.2) is 12.2 Å². The Morgan fingerprint density at radius 1 is 0.425 bits per heavy atom. The van der Waals surface area contributed by atoms with Gasteiger partial charge in [-0.2, -0.15) is 101 Å². The van der Waals surface area contributed by atoms with E-state index in [4.69, 9.17) is 0 Å². The Bertz CT molecular complexity index is 987. The monoisotopic (exact) mass is 654 g/mol. The molecule has 0 aliphatic rings. The van der Waals surface area contributed by atoms with Crippen molar-refractivity contribution in [1.82, 2.24) is 0 Å². The van der Waals surface area contributed by atoms with Crippen molar-refractivity contribution in [3.63, 3.8) is 0 Å². The molecule has 0 atom stereocenters. The van der Waals surface area contributed by atoms with E-state index in [0.29, 0.717) is 0 Å². The lowest BCUT2D eigenvalue weighted by Gasteiger charge is -2.44. The molecule has 25 heteroatoms. The molecule has 0 amide bonds. The Kier molecular flexibility index (Phi) is 8.75. The fourth-order valence-corrected chi connectivity index (χ4v) is 2.01. The molecule has 0 aromatic rings. The SMILES string of the molecule is C=C(C)C(=O)OC(F)(F)C(F)(F)C(F)(F)C(F)(F)C(F)(F)C(F)(F)C(F)(F)C(F)(F)C(F)(F)C(F)(F)C(F)(F)F. The van der Waals surface area contributed by atoms with E-state index in [2.05, 4.69) is 11.3 Å². The molecule has 0 aliphatic carbocycles. The third-order valence-corrected chi connectivity index (χ3v) is 4.45. The molecule has 0 aromatic heterocycles. The summed E-state index contributed by atoms with van der Waals surface area (Å²) in [5, 5.41) is 0. The highest BCUT2D eigenvalue weighted by Crippen LogP contribution is 2.67. The van der Waals surface area contributed by atoms with Crippen LogP contribution in [0.1, 0.15) is 6.92 Å². The van der Waals surface area contributed by atoms with Gasteiger partial charge in [0.25, 0.3) is 0 Å². The minimum atomic E-state index is -9.48. The fourth-order valence-electron chi connectivity index (χ4n) is 2.01. The van der Waals surface area contributed by atoms with Crippen molar-refractivity contribution in [3.05, 3.63) is 12.2 Å². The topological polar surface area (TPSA) is 26.3 Å². The van der Waals surface area contributed by atoms with Crippen molar-refractivity contribution in [2.24, 2.45) is 0 Å². The van der Waals surface area contributed by atoms with E-state index >= 15 is 0 Å². The van der Waals surface area contributed by atoms with Crippen molar-refractivity contribution in [1.29, 1.82) is 0 Å². The minimum Gasteiger partial charge on any atom is -0.393 e. The molecule has 0 fully saturated rings. The quantitative estimate of drug-likeness (QED) is 0.128. The smallest absolute Gasteiger partial charge is 0.393 e. The van der Waals surface area contributed by atoms with Gasteiger partial charge in [0.1, 0.15) is 0 Å². The van der Waals surface area contributed by atoms with Crippen LogP contribution in [-0.2, 0) is 9.53 Å². The number of halogens is 23. The maximum Gasteiger partial charge on any atom is 0.473 e. The maximum atomic E-state index is 13.6. The Morgan fingerprint density at radius 3 is 0.825 bits per heavy atom. The number of ether oxygens (including phenoxy) is 1. The van der Waals surface area contributed by atoms with E-state index in [9.17, 15) is 106 Å². The first-order valence-electron chi connectivity index (χ1n) is 8.56. The molecule has 0 radical (unpaired) electrons. The van der Waals surface area contributed by atoms with Crippen LogP contribution in [0.4, 0.5) is 101 Å². The number of esters is 1. The van der Waals surface area contributed by atoms with Gasteiger partial charge in [-0.1, -0.05) is 6.58 Å². The van der Waals surface area contributed by atoms with Crippen LogP contribution < -0.4 is 0 Å². The molecule has 0 N–H and O–H groups in total. The van der Waals surface area contributed by atoms with Crippen molar-refractivity contribution >= 4 is 5.97 Å². The first-order chi connectivity index (χ1) is 16.8. The van der Waals surface area contributed by atoms with E-state index in [1.165, 1.54) is 0 Å². The Balaban J connectivity index is 7.20. The summed E-state index contributed by atoms with van der Waals surface area (Å²) in [4.78, 5) is 10.8. The van der Waals surface area contributed by atoms with Crippen molar-refractivity contribution in [2.75, 3.05) is 0 Å². The lowest BCUT2D eigenvalue weighted by molar-refractivity contribution is -0.484. The summed E-state index contributed by atoms with van der Waals surface area (Å²) in [5.41, 5.74) is -1.47. The molecule has 0 unspecified atom stereocenters. The van der Waals surface area contributed by atoms with Crippen LogP contribution in [0.25, 0.3) is 0 Å². The lowest BCUT2D eigenvalue weighted by atomic mass is 9.86. The normalized spacial score (nSPS) is 16.2. The van der Waals surface area contributed by atoms with Gasteiger partial charge in [-0.25, -0.2) is 4.79 Å². The average Bonchev–Trinajstić information content (AvgIpc) is 2.70. The largest absolute Gasteiger partial charge is 0.473 e. The molecule has 0 saturated carbocycles. The summed E-state index contributed by atoms with van der Waals surface area (Å²) >= 11 is 0. The molecular weight excluding hydrogens is 649 g/mol. The molecule has 0 bridgehead atoms. The molecule has 40 heavy (non-hydrogen) atoms. The van der Waals surface area contributed by atoms with Crippen LogP contribution >= 0.6 is 0 Å². The van der Waals surface area contributed by atoms with Crippen molar-refractivity contribution in [2.45, 2.75) is 72.5 Å². The van der Waals surface area contributed by atoms with Gasteiger partial charge < -0.3 is 4.74 Å². The Morgan fingerprint density at radius 2 is 0.625 bits per heavy atom. The van der Waals surface area contributed by atoms with Crippen LogP contribution in [0.5, 0.6) is 0 Å². The summed E-state index contributed by atoms with van der Waals surface area (Å²) in [6.07, 6.45) is -15.6. The summed E-state index contributed by atoms with van der Waals surface area (Å²) in [5.74, 6) is -84.9. The predicted octanol–water partition coefficient (Wildman–Crippen LogP) is 7.98. The highest BCUT2D eigenvalue weighted by molar-refractivity contribution is 5.87. The zero-order valence-corrected chi connectivity index (χ0v) is 17.7. The van der Waals surface area contributed by atoms with Gasteiger partial charge in [0.15, 0.2) is 0 Å². The number of alkyl halides is 23. The molecule has 0 aromatic carbocycles. The van der Waals surface area contributed by atoms with E-state index in [1.54, 1.807) is 0 Å². The van der Waals surface area contributed by atoms with Gasteiger partial charge >= 0.3 is 71.6 Å². The van der Waals surface area contributed by atoms with Gasteiger partial charge in [0.2, 0.25) is 0 Å². The van der Waals surface area contributed by atoms with Gasteiger partial charge in [0.05, 0.1) is 0 Å². The molecule has 0 rings (SSSR count). The Hall–Kier alpha value is -2.40. The summed E-state index contributed by atoms with van der Waals surface area (Å²) in [6.45, 7) is 2.61. The second-order valence-electron chi connectivity index (χ2n) is 7.35. The summed E-state index contributed by atoms with van der Waals surface area (Å²) in [7, 11) is 0. The van der Waals surface area contributed by atoms with Gasteiger partial charge in [0, 0.05) is 5.57 Å². The molecule has 0 heterocycles. The molecule has 238 valence electrons. The number of carbonyl (C=O) groups is 1. The summed E-state index contributed by atoms with van der Waals surface area (Å²) in [6, 6.07) is 0. The van der Waals surface area contributed by atoms with E-state index in [0.717, 1.165) is 0 Å². The van der Waals surface area contributed by atoms with Crippen LogP contribution in [0.2, 0.25) is 0 Å². The Labute approximate surface area is 202 Å². The number of rotatable bonds is 11. The lowest BCUT2D eigenvalue weighted by Crippen LogP contribution is -2.77. The minimum absolute atomic E-state index is 0.248. The highest BCUT2D eigenvalue weighted by atomic mass is 19.4. The van der Waals surface area contributed by atoms with Crippen LogP contribution in [0.3, 0.4) is 0 Å². The predicted molar refractivity (Wildman–Crippen MR) is 76.4 cm³/mol. The van der Waals surface area contributed by atoms with Gasteiger partial charge in [-0.3, -0.25) is 0 Å². The number of hydrogen-bond acceptors (Lipinski definition) is 2. The van der Waals surface area contributed by atoms with Crippen LogP contribution in [-0.4, -0.2) is 71.6 Å². The van der Waals surface area contributed by atoms with E-state index in [1.807, 2.05) is 0 Å². The van der Waals surface area contributed by atoms with Crippen LogP contribution in [0, 0.1) is 0 Å². The first-order valence-corrected chi connectivity index (χ1v) is 8.56. The van der Waals surface area contributed by atoms with E-state index < -0.39 is 77.1 Å². The fraction of sp³-hybridized carbons (Fsp3) is 0.800. The van der Waals surface area contributed by atoms with Crippen molar-refractivity contribution < 1.29 is 111 Å². The number of carbonyl (C=O) groups excluding carboxylic acids is 1. The second-order valence-corrected chi connectivity index (χ2v) is 7.35. The second kappa shape index (κ2) is 9.31. The molecule has 0 saturated heterocycles. The van der Waals surface area contributed by atoms with Gasteiger partial charge in [-0.15, -0.1) is 0 Å². The molecule has 2 nitrogen and oxygen atoms in total. The molecular formula is C15H5F23O2. The number of hydrogen-bond donors (Lipinski definition) is 0. The molecule has 0 spiro atoms. The zero-order chi connectivity index (χ0) is 33.4. The molecule has 0 aliphatic heterocycles. The van der Waals surface area contributed by atoms with E-state index in [-0.39, 0.29) is 6.92 Å². The maximum absolute atomic E-state index is 13.6. The zero-order valence-electron chi connectivity index (χ0n) is 17.7. The summed E-state index contributed by atoms with van der Waals surface area (Å²) < 4.78 is 305.